The number of thiazole rings is 2. The van der Waals surface area contributed by atoms with Crippen LogP contribution in [0.1, 0.15) is 53.6 Å². The van der Waals surface area contributed by atoms with Gasteiger partial charge in [-0.3, -0.25) is 24.2 Å². The highest BCUT2D eigenvalue weighted by molar-refractivity contribution is 7.14. The van der Waals surface area contributed by atoms with E-state index in [1.165, 1.54) is 34.0 Å². The van der Waals surface area contributed by atoms with Crippen LogP contribution in [0.15, 0.2) is 144 Å². The Morgan fingerprint density at radius 3 is 1.48 bits per heavy atom. The maximum Gasteiger partial charge on any atom is 0.254 e. The Labute approximate surface area is 380 Å². The van der Waals surface area contributed by atoms with Crippen LogP contribution in [0.3, 0.4) is 0 Å². The van der Waals surface area contributed by atoms with Gasteiger partial charge in [0.15, 0.2) is 10.3 Å². The van der Waals surface area contributed by atoms with Crippen LogP contribution in [0.5, 0.6) is 0 Å². The van der Waals surface area contributed by atoms with Crippen molar-refractivity contribution >= 4 is 67.9 Å². The van der Waals surface area contributed by atoms with Crippen LogP contribution in [0.25, 0.3) is 22.5 Å². The molecule has 7 aromatic rings. The number of rotatable bonds is 14. The average Bonchev–Trinajstić information content (AvgIpc) is 3.98. The van der Waals surface area contributed by atoms with Crippen LogP contribution in [0.2, 0.25) is 0 Å². The Morgan fingerprint density at radius 1 is 0.578 bits per heavy atom. The Bertz CT molecular complexity index is 2600. The molecule has 1 aliphatic carbocycles. The minimum absolute atomic E-state index is 0.0186. The topological polar surface area (TPSA) is 190 Å². The summed E-state index contributed by atoms with van der Waals surface area (Å²) < 4.78 is 0. The number of carbonyl (C=O) groups excluding carboxylic acids is 4. The minimum atomic E-state index is -0.283. The van der Waals surface area contributed by atoms with Crippen LogP contribution in [0, 0.1) is 5.92 Å². The Balaban J connectivity index is 0.000000191. The first-order valence-electron chi connectivity index (χ1n) is 21.0. The first kappa shape index (κ1) is 44.8. The molecule has 13 nitrogen and oxygen atoms in total. The van der Waals surface area contributed by atoms with Gasteiger partial charge in [-0.1, -0.05) is 104 Å². The van der Waals surface area contributed by atoms with Crippen molar-refractivity contribution in [2.45, 2.75) is 45.2 Å². The number of nitrogens with one attached hydrogen (secondary N) is 2. The number of amides is 4. The number of nitrogen functional groups attached to an aromatic ring is 2. The summed E-state index contributed by atoms with van der Waals surface area (Å²) in [5, 5.41) is 10.6. The van der Waals surface area contributed by atoms with Gasteiger partial charge < -0.3 is 31.9 Å². The summed E-state index contributed by atoms with van der Waals surface area (Å²) >= 11 is 2.77. The predicted molar refractivity (Wildman–Crippen MR) is 255 cm³/mol. The van der Waals surface area contributed by atoms with E-state index in [9.17, 15) is 19.2 Å². The molecule has 8 rings (SSSR count). The number of anilines is 4. The molecule has 0 bridgehead atoms. The molecule has 326 valence electrons. The highest BCUT2D eigenvalue weighted by Gasteiger charge is 2.27. The van der Waals surface area contributed by atoms with Gasteiger partial charge in [0.25, 0.3) is 5.91 Å². The lowest BCUT2D eigenvalue weighted by atomic mass is 9.88. The fraction of sp³-hybridized carbons (Fsp3) is 0.204. The molecule has 4 aromatic carbocycles. The van der Waals surface area contributed by atoms with E-state index < -0.39 is 0 Å². The minimum Gasteiger partial charge on any atom is -0.375 e. The SMILES string of the molecule is Nc1nc(-c2ccc(NC(=O)CN(Cc3ccccc3)C(=O)C3CCCCC3)cc2)cs1.Nc1nc(-c2ccc(NC(=O)CN(Cc3ccccc3)C(=O)c3ccncc3)cc2)cs1. The molecule has 1 fully saturated rings. The van der Waals surface area contributed by atoms with Crippen molar-refractivity contribution in [3.63, 3.8) is 0 Å². The lowest BCUT2D eigenvalue weighted by Crippen LogP contribution is -2.41. The van der Waals surface area contributed by atoms with E-state index in [1.54, 1.807) is 41.6 Å². The predicted octanol–water partition coefficient (Wildman–Crippen LogP) is 9.01. The monoisotopic (exact) mass is 891 g/mol. The maximum absolute atomic E-state index is 13.2. The number of hydrogen-bond acceptors (Lipinski definition) is 11. The van der Waals surface area contributed by atoms with Crippen LogP contribution in [0.4, 0.5) is 21.6 Å². The van der Waals surface area contributed by atoms with Gasteiger partial charge in [-0.15, -0.1) is 22.7 Å². The zero-order chi connectivity index (χ0) is 44.7. The molecule has 15 heteroatoms. The summed E-state index contributed by atoms with van der Waals surface area (Å²) in [4.78, 5) is 67.6. The van der Waals surface area contributed by atoms with E-state index in [4.69, 9.17) is 11.5 Å². The number of hydrogen-bond donors (Lipinski definition) is 4. The van der Waals surface area contributed by atoms with E-state index in [2.05, 4.69) is 25.6 Å². The molecule has 0 saturated heterocycles. The van der Waals surface area contributed by atoms with Gasteiger partial charge in [0.2, 0.25) is 17.7 Å². The van der Waals surface area contributed by atoms with E-state index in [-0.39, 0.29) is 42.6 Å². The normalized spacial score (nSPS) is 12.3. The van der Waals surface area contributed by atoms with Gasteiger partial charge in [-0.05, 0) is 60.4 Å². The largest absolute Gasteiger partial charge is 0.375 e. The highest BCUT2D eigenvalue weighted by atomic mass is 32.1. The molecule has 64 heavy (non-hydrogen) atoms. The molecule has 0 radical (unpaired) electrons. The van der Waals surface area contributed by atoms with Crippen molar-refractivity contribution in [1.82, 2.24) is 24.8 Å². The van der Waals surface area contributed by atoms with Crippen molar-refractivity contribution in [2.24, 2.45) is 5.92 Å². The Hall–Kier alpha value is -7.23. The van der Waals surface area contributed by atoms with E-state index in [1.807, 2.05) is 108 Å². The molecule has 1 aliphatic rings. The van der Waals surface area contributed by atoms with Gasteiger partial charge in [-0.2, -0.15) is 0 Å². The van der Waals surface area contributed by atoms with Crippen LogP contribution in [-0.2, 0) is 27.5 Å². The summed E-state index contributed by atoms with van der Waals surface area (Å²) in [6.45, 7) is 0.711. The molecule has 3 aromatic heterocycles. The van der Waals surface area contributed by atoms with Crippen molar-refractivity contribution < 1.29 is 19.2 Å². The summed E-state index contributed by atoms with van der Waals surface area (Å²) in [6, 6.07) is 37.5. The number of pyridine rings is 1. The molecular weight excluding hydrogens is 843 g/mol. The molecule has 0 aliphatic heterocycles. The maximum atomic E-state index is 13.2. The number of carbonyl (C=O) groups is 4. The van der Waals surface area contributed by atoms with Gasteiger partial charge in [0.1, 0.15) is 13.1 Å². The van der Waals surface area contributed by atoms with E-state index in [0.29, 0.717) is 40.3 Å². The van der Waals surface area contributed by atoms with Crippen LogP contribution >= 0.6 is 22.7 Å². The van der Waals surface area contributed by atoms with Crippen LogP contribution in [-0.4, -0.2) is 61.5 Å². The van der Waals surface area contributed by atoms with Gasteiger partial charge in [-0.25, -0.2) is 9.97 Å². The fourth-order valence-corrected chi connectivity index (χ4v) is 8.48. The van der Waals surface area contributed by atoms with Crippen molar-refractivity contribution in [2.75, 3.05) is 35.2 Å². The third-order valence-corrected chi connectivity index (χ3v) is 11.9. The summed E-state index contributed by atoms with van der Waals surface area (Å²) in [6.07, 6.45) is 8.30. The van der Waals surface area contributed by atoms with Gasteiger partial charge in [0.05, 0.1) is 11.4 Å². The fourth-order valence-electron chi connectivity index (χ4n) is 7.34. The molecule has 3 heterocycles. The van der Waals surface area contributed by atoms with Crippen molar-refractivity contribution in [1.29, 1.82) is 0 Å². The average molecular weight is 892 g/mol. The van der Waals surface area contributed by atoms with Crippen molar-refractivity contribution in [3.05, 3.63) is 161 Å². The molecule has 0 unspecified atom stereocenters. The second-order valence-corrected chi connectivity index (χ2v) is 17.1. The molecule has 0 atom stereocenters. The third kappa shape index (κ3) is 12.9. The standard InChI is InChI=1S/C25H28N4O2S.C24H21N5O2S/c26-25-28-22(17-32-25)19-11-13-21(14-12-19)27-23(30)16-29(15-18-7-3-1-4-8-18)24(31)20-9-5-2-6-10-20;25-24-28-21(16-32-24)18-6-8-20(9-7-18)27-22(30)15-29(14-17-4-2-1-3-5-17)23(31)19-10-12-26-13-11-19/h1,3-4,7-8,11-14,17,20H,2,5-6,9-10,15-16H2,(H2,26,28)(H,27,30);1-13,16H,14-15H2,(H2,25,28)(H,27,30). The molecule has 0 spiro atoms. The summed E-state index contributed by atoms with van der Waals surface area (Å²) in [7, 11) is 0. The van der Waals surface area contributed by atoms with Gasteiger partial charge >= 0.3 is 0 Å². The van der Waals surface area contributed by atoms with Gasteiger partial charge in [0, 0.05) is 70.2 Å². The zero-order valence-corrected chi connectivity index (χ0v) is 36.8. The van der Waals surface area contributed by atoms with Crippen molar-refractivity contribution in [3.8, 4) is 22.5 Å². The lowest BCUT2D eigenvalue weighted by molar-refractivity contribution is -0.140. The quantitative estimate of drug-likeness (QED) is 0.0826. The zero-order valence-electron chi connectivity index (χ0n) is 35.1. The first-order valence-corrected chi connectivity index (χ1v) is 22.7. The summed E-state index contributed by atoms with van der Waals surface area (Å²) in [5.74, 6) is -0.613. The smallest absolute Gasteiger partial charge is 0.254 e. The second kappa shape index (κ2) is 22.2. The molecule has 6 N–H and O–H groups in total. The molecule has 4 amide bonds. The first-order chi connectivity index (χ1) is 31.2. The third-order valence-electron chi connectivity index (χ3n) is 10.6. The lowest BCUT2D eigenvalue weighted by Gasteiger charge is -2.29. The number of nitrogens with zero attached hydrogens (tertiary/aromatic N) is 5. The number of aromatic nitrogens is 3. The van der Waals surface area contributed by atoms with Crippen LogP contribution < -0.4 is 22.1 Å². The molecule has 1 saturated carbocycles. The van der Waals surface area contributed by atoms with E-state index in [0.717, 1.165) is 59.3 Å². The Morgan fingerprint density at radius 2 is 1.03 bits per heavy atom. The summed E-state index contributed by atoms with van der Waals surface area (Å²) in [5.41, 5.74) is 18.6. The van der Waals surface area contributed by atoms with E-state index >= 15 is 0 Å². The second-order valence-electron chi connectivity index (χ2n) is 15.3. The Kier molecular flexibility index (Phi) is 15.6. The molecular formula is C49H49N9O4S2. The number of nitrogens with two attached hydrogens (primary N) is 2. The number of benzene rings is 4. The highest BCUT2D eigenvalue weighted by Crippen LogP contribution is 2.28.